The van der Waals surface area contributed by atoms with Crippen LogP contribution >= 0.6 is 0 Å². The minimum Gasteiger partial charge on any atom is -0.337 e. The molecule has 1 unspecified atom stereocenters. The van der Waals surface area contributed by atoms with Crippen molar-refractivity contribution in [2.75, 3.05) is 6.54 Å². The van der Waals surface area contributed by atoms with E-state index in [1.807, 2.05) is 18.2 Å². The molecule has 6 heteroatoms. The SMILES string of the molecule is CC1(c2nc(-c3ccc(-c4cccc(F)c4)cn3)no2)CCCN1. The van der Waals surface area contributed by atoms with E-state index in [0.29, 0.717) is 17.4 Å². The predicted octanol–water partition coefficient (Wildman–Crippen LogP) is 3.54. The third-order valence-corrected chi connectivity index (χ3v) is 4.42. The lowest BCUT2D eigenvalue weighted by Crippen LogP contribution is -2.33. The Labute approximate surface area is 138 Å². The van der Waals surface area contributed by atoms with Gasteiger partial charge in [-0.15, -0.1) is 0 Å². The van der Waals surface area contributed by atoms with Crippen molar-refractivity contribution < 1.29 is 8.91 Å². The Hall–Kier alpha value is -2.60. The zero-order valence-electron chi connectivity index (χ0n) is 13.3. The summed E-state index contributed by atoms with van der Waals surface area (Å²) in [6.45, 7) is 3.02. The number of pyridine rings is 1. The Morgan fingerprint density at radius 1 is 1.21 bits per heavy atom. The highest BCUT2D eigenvalue weighted by Crippen LogP contribution is 2.30. The van der Waals surface area contributed by atoms with Crippen LogP contribution in [-0.2, 0) is 5.54 Å². The average molecular weight is 324 g/mol. The smallest absolute Gasteiger partial charge is 0.247 e. The van der Waals surface area contributed by atoms with E-state index >= 15 is 0 Å². The van der Waals surface area contributed by atoms with E-state index in [0.717, 1.165) is 30.5 Å². The van der Waals surface area contributed by atoms with Crippen LogP contribution in [0.25, 0.3) is 22.6 Å². The van der Waals surface area contributed by atoms with Crippen LogP contribution in [0.4, 0.5) is 4.39 Å². The molecule has 1 aliphatic rings. The van der Waals surface area contributed by atoms with E-state index in [4.69, 9.17) is 4.52 Å². The fraction of sp³-hybridized carbons (Fsp3) is 0.278. The molecule has 0 aliphatic carbocycles. The van der Waals surface area contributed by atoms with Gasteiger partial charge in [0.1, 0.15) is 11.5 Å². The Morgan fingerprint density at radius 3 is 2.83 bits per heavy atom. The molecule has 0 saturated carbocycles. The largest absolute Gasteiger partial charge is 0.337 e. The second kappa shape index (κ2) is 5.79. The zero-order valence-corrected chi connectivity index (χ0v) is 13.3. The van der Waals surface area contributed by atoms with Gasteiger partial charge < -0.3 is 9.84 Å². The molecule has 24 heavy (non-hydrogen) atoms. The average Bonchev–Trinajstić information content (AvgIpc) is 3.25. The van der Waals surface area contributed by atoms with Gasteiger partial charge in [-0.05, 0) is 50.1 Å². The summed E-state index contributed by atoms with van der Waals surface area (Å²) in [6, 6.07) is 10.1. The van der Waals surface area contributed by atoms with Crippen LogP contribution in [-0.4, -0.2) is 21.7 Å². The summed E-state index contributed by atoms with van der Waals surface area (Å²) >= 11 is 0. The number of halogens is 1. The summed E-state index contributed by atoms with van der Waals surface area (Å²) in [6.07, 6.45) is 3.75. The Kier molecular flexibility index (Phi) is 3.61. The predicted molar refractivity (Wildman–Crippen MR) is 87.5 cm³/mol. The van der Waals surface area contributed by atoms with Crippen molar-refractivity contribution in [2.24, 2.45) is 0 Å². The Bertz CT molecular complexity index is 853. The van der Waals surface area contributed by atoms with E-state index in [1.165, 1.54) is 12.1 Å². The molecule has 5 nitrogen and oxygen atoms in total. The first-order valence-corrected chi connectivity index (χ1v) is 7.96. The van der Waals surface area contributed by atoms with Gasteiger partial charge >= 0.3 is 0 Å². The molecule has 1 saturated heterocycles. The number of hydrogen-bond acceptors (Lipinski definition) is 5. The van der Waals surface area contributed by atoms with Crippen LogP contribution in [0, 0.1) is 5.82 Å². The lowest BCUT2D eigenvalue weighted by molar-refractivity contribution is 0.275. The third-order valence-electron chi connectivity index (χ3n) is 4.42. The molecule has 3 aromatic rings. The van der Waals surface area contributed by atoms with Crippen LogP contribution in [0.3, 0.4) is 0 Å². The summed E-state index contributed by atoms with van der Waals surface area (Å²) in [7, 11) is 0. The van der Waals surface area contributed by atoms with Gasteiger partial charge in [0.25, 0.3) is 0 Å². The van der Waals surface area contributed by atoms with Crippen molar-refractivity contribution >= 4 is 0 Å². The van der Waals surface area contributed by atoms with Crippen LogP contribution in [0.5, 0.6) is 0 Å². The third kappa shape index (κ3) is 2.69. The minimum absolute atomic E-state index is 0.257. The number of benzene rings is 1. The molecule has 122 valence electrons. The highest BCUT2D eigenvalue weighted by molar-refractivity contribution is 5.64. The summed E-state index contributed by atoms with van der Waals surface area (Å²) in [5, 5.41) is 7.44. The standard InChI is InChI=1S/C18H17FN4O/c1-18(8-3-9-21-18)17-22-16(23-24-17)15-7-6-13(11-20-15)12-4-2-5-14(19)10-12/h2,4-7,10-11,21H,3,8-9H2,1H3. The summed E-state index contributed by atoms with van der Waals surface area (Å²) in [5.41, 5.74) is 2.00. The molecule has 0 amide bonds. The normalized spacial score (nSPS) is 20.4. The Balaban J connectivity index is 1.60. The van der Waals surface area contributed by atoms with E-state index in [-0.39, 0.29) is 11.4 Å². The van der Waals surface area contributed by atoms with Gasteiger partial charge in [0.2, 0.25) is 11.7 Å². The number of aromatic nitrogens is 3. The molecular formula is C18H17FN4O. The van der Waals surface area contributed by atoms with Gasteiger partial charge in [0, 0.05) is 11.8 Å². The van der Waals surface area contributed by atoms with Gasteiger partial charge in [-0.3, -0.25) is 4.98 Å². The van der Waals surface area contributed by atoms with Crippen molar-refractivity contribution in [1.82, 2.24) is 20.4 Å². The molecule has 1 fully saturated rings. The molecule has 0 radical (unpaired) electrons. The lowest BCUT2D eigenvalue weighted by Gasteiger charge is -2.18. The molecule has 1 aromatic carbocycles. The second-order valence-electron chi connectivity index (χ2n) is 6.23. The van der Waals surface area contributed by atoms with Crippen molar-refractivity contribution in [2.45, 2.75) is 25.3 Å². The van der Waals surface area contributed by atoms with Crippen molar-refractivity contribution in [3.8, 4) is 22.6 Å². The first-order valence-electron chi connectivity index (χ1n) is 7.96. The molecule has 1 N–H and O–H groups in total. The highest BCUT2D eigenvalue weighted by atomic mass is 19.1. The molecule has 2 aromatic heterocycles. The van der Waals surface area contributed by atoms with Crippen molar-refractivity contribution in [3.63, 3.8) is 0 Å². The van der Waals surface area contributed by atoms with Crippen LogP contribution < -0.4 is 5.32 Å². The maximum Gasteiger partial charge on any atom is 0.247 e. The second-order valence-corrected chi connectivity index (χ2v) is 6.23. The maximum atomic E-state index is 13.3. The summed E-state index contributed by atoms with van der Waals surface area (Å²) in [4.78, 5) is 8.88. The molecule has 3 heterocycles. The Morgan fingerprint density at radius 2 is 2.12 bits per heavy atom. The molecule has 1 aliphatic heterocycles. The van der Waals surface area contributed by atoms with E-state index in [1.54, 1.807) is 12.3 Å². The fourth-order valence-electron chi connectivity index (χ4n) is 2.99. The molecule has 0 bridgehead atoms. The number of rotatable bonds is 3. The maximum absolute atomic E-state index is 13.3. The minimum atomic E-state index is -0.267. The van der Waals surface area contributed by atoms with Gasteiger partial charge in [-0.2, -0.15) is 4.98 Å². The lowest BCUT2D eigenvalue weighted by atomic mass is 10.0. The van der Waals surface area contributed by atoms with E-state index < -0.39 is 0 Å². The number of nitrogens with one attached hydrogen (secondary N) is 1. The highest BCUT2D eigenvalue weighted by Gasteiger charge is 2.35. The van der Waals surface area contributed by atoms with Gasteiger partial charge in [-0.25, -0.2) is 4.39 Å². The first-order chi connectivity index (χ1) is 11.6. The molecular weight excluding hydrogens is 307 g/mol. The summed E-state index contributed by atoms with van der Waals surface area (Å²) in [5.74, 6) is 0.786. The van der Waals surface area contributed by atoms with E-state index in [2.05, 4.69) is 27.4 Å². The van der Waals surface area contributed by atoms with Gasteiger partial charge in [0.15, 0.2) is 0 Å². The number of nitrogens with zero attached hydrogens (tertiary/aromatic N) is 3. The van der Waals surface area contributed by atoms with Crippen LogP contribution in [0.15, 0.2) is 47.1 Å². The zero-order chi connectivity index (χ0) is 16.6. The quantitative estimate of drug-likeness (QED) is 0.798. The first kappa shape index (κ1) is 15.0. The molecule has 4 rings (SSSR count). The molecule has 0 spiro atoms. The summed E-state index contributed by atoms with van der Waals surface area (Å²) < 4.78 is 18.7. The molecule has 1 atom stereocenters. The van der Waals surface area contributed by atoms with Crippen molar-refractivity contribution in [1.29, 1.82) is 0 Å². The van der Waals surface area contributed by atoms with Gasteiger partial charge in [0.05, 0.1) is 5.54 Å². The van der Waals surface area contributed by atoms with Gasteiger partial charge in [-0.1, -0.05) is 23.4 Å². The number of hydrogen-bond donors (Lipinski definition) is 1. The van der Waals surface area contributed by atoms with Crippen molar-refractivity contribution in [3.05, 3.63) is 54.3 Å². The van der Waals surface area contributed by atoms with Crippen LogP contribution in [0.1, 0.15) is 25.7 Å². The van der Waals surface area contributed by atoms with E-state index in [9.17, 15) is 4.39 Å². The fourth-order valence-corrected chi connectivity index (χ4v) is 2.99. The monoisotopic (exact) mass is 324 g/mol. The topological polar surface area (TPSA) is 63.8 Å². The van der Waals surface area contributed by atoms with Crippen LogP contribution in [0.2, 0.25) is 0 Å².